The standard InChI is InChI=1S/C17H23NO4/c1-3-22-17(20)14-5-4-11-18(12-10-14)16(19)13-6-8-15(21-2)9-7-13/h6-9,14H,3-5,10-12H2,1-2H3. The van der Waals surface area contributed by atoms with Crippen LogP contribution in [0.3, 0.4) is 0 Å². The average Bonchev–Trinajstić information content (AvgIpc) is 2.80. The van der Waals surface area contributed by atoms with Gasteiger partial charge in [0.25, 0.3) is 5.91 Å². The number of amides is 1. The molecule has 0 radical (unpaired) electrons. The lowest BCUT2D eigenvalue weighted by molar-refractivity contribution is -0.148. The van der Waals surface area contributed by atoms with Gasteiger partial charge in [0.1, 0.15) is 5.75 Å². The highest BCUT2D eigenvalue weighted by Gasteiger charge is 2.26. The molecular weight excluding hydrogens is 282 g/mol. The lowest BCUT2D eigenvalue weighted by Gasteiger charge is -2.20. The molecule has 0 aliphatic carbocycles. The second kappa shape index (κ2) is 7.82. The summed E-state index contributed by atoms with van der Waals surface area (Å²) in [5.74, 6) is 0.511. The number of hydrogen-bond acceptors (Lipinski definition) is 4. The third-order valence-corrected chi connectivity index (χ3v) is 3.97. The van der Waals surface area contributed by atoms with Crippen molar-refractivity contribution >= 4 is 11.9 Å². The number of esters is 1. The predicted molar refractivity (Wildman–Crippen MR) is 82.9 cm³/mol. The summed E-state index contributed by atoms with van der Waals surface area (Å²) in [5.41, 5.74) is 0.649. The Hall–Kier alpha value is -2.04. The lowest BCUT2D eigenvalue weighted by atomic mass is 10.0. The van der Waals surface area contributed by atoms with Gasteiger partial charge < -0.3 is 14.4 Å². The largest absolute Gasteiger partial charge is 0.497 e. The number of rotatable bonds is 4. The van der Waals surface area contributed by atoms with Crippen molar-refractivity contribution in [1.82, 2.24) is 4.90 Å². The first-order valence-corrected chi connectivity index (χ1v) is 7.75. The van der Waals surface area contributed by atoms with Crippen LogP contribution in [0.4, 0.5) is 0 Å². The minimum atomic E-state index is -0.138. The number of benzene rings is 1. The predicted octanol–water partition coefficient (Wildman–Crippen LogP) is 2.50. The highest BCUT2D eigenvalue weighted by molar-refractivity contribution is 5.94. The van der Waals surface area contributed by atoms with Gasteiger partial charge in [-0.2, -0.15) is 0 Å². The van der Waals surface area contributed by atoms with E-state index in [-0.39, 0.29) is 17.8 Å². The molecule has 120 valence electrons. The van der Waals surface area contributed by atoms with E-state index < -0.39 is 0 Å². The van der Waals surface area contributed by atoms with Gasteiger partial charge in [0, 0.05) is 18.7 Å². The summed E-state index contributed by atoms with van der Waals surface area (Å²) < 4.78 is 10.2. The first-order valence-electron chi connectivity index (χ1n) is 7.75. The van der Waals surface area contributed by atoms with Gasteiger partial charge in [-0.1, -0.05) is 0 Å². The number of ether oxygens (including phenoxy) is 2. The number of likely N-dealkylation sites (tertiary alicyclic amines) is 1. The van der Waals surface area contributed by atoms with E-state index in [0.717, 1.165) is 18.6 Å². The second-order valence-electron chi connectivity index (χ2n) is 5.40. The Kier molecular flexibility index (Phi) is 5.81. The zero-order valence-corrected chi connectivity index (χ0v) is 13.2. The fourth-order valence-electron chi connectivity index (χ4n) is 2.71. The maximum absolute atomic E-state index is 12.5. The molecule has 1 aliphatic heterocycles. The van der Waals surface area contributed by atoms with Crippen LogP contribution in [0.15, 0.2) is 24.3 Å². The van der Waals surface area contributed by atoms with Crippen molar-refractivity contribution in [3.8, 4) is 5.75 Å². The minimum Gasteiger partial charge on any atom is -0.497 e. The molecule has 5 nitrogen and oxygen atoms in total. The Balaban J connectivity index is 1.97. The van der Waals surface area contributed by atoms with Gasteiger partial charge in [-0.3, -0.25) is 9.59 Å². The molecule has 0 spiro atoms. The summed E-state index contributed by atoms with van der Waals surface area (Å²) in [6, 6.07) is 7.11. The van der Waals surface area contributed by atoms with Gasteiger partial charge in [0.15, 0.2) is 0 Å². The second-order valence-corrected chi connectivity index (χ2v) is 5.40. The molecule has 1 aliphatic rings. The highest BCUT2D eigenvalue weighted by Crippen LogP contribution is 2.21. The molecule has 22 heavy (non-hydrogen) atoms. The average molecular weight is 305 g/mol. The van der Waals surface area contributed by atoms with E-state index in [0.29, 0.717) is 31.7 Å². The zero-order chi connectivity index (χ0) is 15.9. The van der Waals surface area contributed by atoms with Crippen LogP contribution >= 0.6 is 0 Å². The monoisotopic (exact) mass is 305 g/mol. The molecule has 0 aromatic heterocycles. The fourth-order valence-corrected chi connectivity index (χ4v) is 2.71. The van der Waals surface area contributed by atoms with Crippen LogP contribution in [0.25, 0.3) is 0 Å². The molecule has 2 rings (SSSR count). The quantitative estimate of drug-likeness (QED) is 0.802. The summed E-state index contributed by atoms with van der Waals surface area (Å²) in [7, 11) is 1.60. The van der Waals surface area contributed by atoms with Crippen molar-refractivity contribution in [2.75, 3.05) is 26.8 Å². The van der Waals surface area contributed by atoms with Crippen LogP contribution in [0.1, 0.15) is 36.5 Å². The third kappa shape index (κ3) is 4.00. The van der Waals surface area contributed by atoms with E-state index in [4.69, 9.17) is 9.47 Å². The van der Waals surface area contributed by atoms with E-state index in [9.17, 15) is 9.59 Å². The summed E-state index contributed by atoms with van der Waals surface area (Å²) in [6.45, 7) is 3.49. The number of carbonyl (C=O) groups excluding carboxylic acids is 2. The van der Waals surface area contributed by atoms with Gasteiger partial charge in [-0.15, -0.1) is 0 Å². The SMILES string of the molecule is CCOC(=O)C1CCCN(C(=O)c2ccc(OC)cc2)CC1. The van der Waals surface area contributed by atoms with Gasteiger partial charge >= 0.3 is 5.97 Å². The Morgan fingerprint density at radius 2 is 1.91 bits per heavy atom. The van der Waals surface area contributed by atoms with Gasteiger partial charge in [0.2, 0.25) is 0 Å². The van der Waals surface area contributed by atoms with Crippen molar-refractivity contribution in [2.24, 2.45) is 5.92 Å². The normalized spacial score (nSPS) is 18.5. The van der Waals surface area contributed by atoms with Gasteiger partial charge in [-0.05, 0) is 50.5 Å². The third-order valence-electron chi connectivity index (χ3n) is 3.97. The number of methoxy groups -OCH3 is 1. The molecule has 1 aromatic rings. The summed E-state index contributed by atoms with van der Waals surface area (Å²) in [5, 5.41) is 0. The summed E-state index contributed by atoms with van der Waals surface area (Å²) in [4.78, 5) is 26.2. The Labute approximate surface area is 131 Å². The summed E-state index contributed by atoms with van der Waals surface area (Å²) in [6.07, 6.45) is 2.28. The van der Waals surface area contributed by atoms with Crippen LogP contribution in [0, 0.1) is 5.92 Å². The van der Waals surface area contributed by atoms with E-state index in [1.165, 1.54) is 0 Å². The van der Waals surface area contributed by atoms with Crippen LogP contribution in [-0.4, -0.2) is 43.6 Å². The van der Waals surface area contributed by atoms with E-state index >= 15 is 0 Å². The fraction of sp³-hybridized carbons (Fsp3) is 0.529. The molecule has 5 heteroatoms. The van der Waals surface area contributed by atoms with Crippen LogP contribution < -0.4 is 4.74 Å². The molecule has 1 fully saturated rings. The highest BCUT2D eigenvalue weighted by atomic mass is 16.5. The van der Waals surface area contributed by atoms with E-state index in [2.05, 4.69) is 0 Å². The van der Waals surface area contributed by atoms with Gasteiger partial charge in [0.05, 0.1) is 19.6 Å². The van der Waals surface area contributed by atoms with E-state index in [1.54, 1.807) is 31.4 Å². The van der Waals surface area contributed by atoms with Crippen molar-refractivity contribution in [2.45, 2.75) is 26.2 Å². The first-order chi connectivity index (χ1) is 10.7. The Bertz CT molecular complexity index is 512. The lowest BCUT2D eigenvalue weighted by Crippen LogP contribution is -2.32. The Morgan fingerprint density at radius 3 is 2.55 bits per heavy atom. The van der Waals surface area contributed by atoms with Crippen LogP contribution in [0.2, 0.25) is 0 Å². The van der Waals surface area contributed by atoms with E-state index in [1.807, 2.05) is 11.8 Å². The molecule has 1 amide bonds. The molecule has 1 atom stereocenters. The first kappa shape index (κ1) is 16.3. The van der Waals surface area contributed by atoms with Crippen molar-refractivity contribution < 1.29 is 19.1 Å². The molecule has 1 heterocycles. The number of nitrogens with zero attached hydrogens (tertiary/aromatic N) is 1. The Morgan fingerprint density at radius 1 is 1.18 bits per heavy atom. The molecule has 0 bridgehead atoms. The zero-order valence-electron chi connectivity index (χ0n) is 13.2. The van der Waals surface area contributed by atoms with Crippen LogP contribution in [-0.2, 0) is 9.53 Å². The number of carbonyl (C=O) groups is 2. The molecule has 1 aromatic carbocycles. The molecule has 1 unspecified atom stereocenters. The van der Waals surface area contributed by atoms with Gasteiger partial charge in [-0.25, -0.2) is 0 Å². The number of hydrogen-bond donors (Lipinski definition) is 0. The molecular formula is C17H23NO4. The smallest absolute Gasteiger partial charge is 0.308 e. The summed E-state index contributed by atoms with van der Waals surface area (Å²) >= 11 is 0. The maximum Gasteiger partial charge on any atom is 0.308 e. The van der Waals surface area contributed by atoms with Crippen molar-refractivity contribution in [3.05, 3.63) is 29.8 Å². The van der Waals surface area contributed by atoms with Crippen molar-refractivity contribution in [1.29, 1.82) is 0 Å². The molecule has 0 saturated carbocycles. The van der Waals surface area contributed by atoms with Crippen molar-refractivity contribution in [3.63, 3.8) is 0 Å². The molecule has 1 saturated heterocycles. The maximum atomic E-state index is 12.5. The molecule has 0 N–H and O–H groups in total. The topological polar surface area (TPSA) is 55.8 Å². The van der Waals surface area contributed by atoms with Crippen LogP contribution in [0.5, 0.6) is 5.75 Å². The minimum absolute atomic E-state index is 0.00663.